The molecule has 1 aliphatic rings. The monoisotopic (exact) mass is 309 g/mol. The first kappa shape index (κ1) is 16.4. The highest BCUT2D eigenvalue weighted by Crippen LogP contribution is 2.35. The van der Waals surface area contributed by atoms with Gasteiger partial charge < -0.3 is 4.90 Å². The Morgan fingerprint density at radius 2 is 1.70 bits per heavy atom. The molecule has 1 heterocycles. The van der Waals surface area contributed by atoms with Gasteiger partial charge in [0.25, 0.3) is 11.8 Å². The summed E-state index contributed by atoms with van der Waals surface area (Å²) < 4.78 is 0. The van der Waals surface area contributed by atoms with Crippen LogP contribution in [-0.2, 0) is 0 Å². The second kappa shape index (κ2) is 6.44. The van der Waals surface area contributed by atoms with E-state index in [1.165, 1.54) is 18.1 Å². The number of anilines is 1. The molecule has 0 atom stereocenters. The van der Waals surface area contributed by atoms with Gasteiger partial charge in [-0.3, -0.25) is 19.9 Å². The average Bonchev–Trinajstić information content (AvgIpc) is 2.61. The zero-order valence-corrected chi connectivity index (χ0v) is 13.5. The number of carbonyl (C=O) groups is 2. The lowest BCUT2D eigenvalue weighted by molar-refractivity contribution is 0.0651. The van der Waals surface area contributed by atoms with E-state index in [0.717, 1.165) is 16.6 Å². The van der Waals surface area contributed by atoms with Gasteiger partial charge in [0, 0.05) is 35.1 Å². The minimum atomic E-state index is -0.310. The zero-order valence-electron chi connectivity index (χ0n) is 13.5. The largest absolute Gasteiger partial charge is 0.308 e. The third-order valence-corrected chi connectivity index (χ3v) is 3.70. The molecule has 0 radical (unpaired) electrons. The van der Waals surface area contributed by atoms with E-state index in [1.54, 1.807) is 24.3 Å². The van der Waals surface area contributed by atoms with Crippen LogP contribution in [0.4, 0.5) is 5.69 Å². The van der Waals surface area contributed by atoms with E-state index in [1.807, 2.05) is 19.9 Å². The van der Waals surface area contributed by atoms with E-state index < -0.39 is 0 Å². The molecule has 5 nitrogen and oxygen atoms in total. The predicted octanol–water partition coefficient (Wildman–Crippen LogP) is 3.65. The number of carbonyl (C=O) groups excluding carboxylic acids is 2. The highest BCUT2D eigenvalue weighted by atomic mass is 16.2. The van der Waals surface area contributed by atoms with Crippen LogP contribution in [0.15, 0.2) is 43.1 Å². The lowest BCUT2D eigenvalue weighted by Crippen LogP contribution is -2.37. The first-order valence-electron chi connectivity index (χ1n) is 7.39. The smallest absolute Gasteiger partial charge is 0.261 e. The molecule has 2 aromatic rings. The van der Waals surface area contributed by atoms with Gasteiger partial charge in [-0.15, -0.1) is 0 Å². The van der Waals surface area contributed by atoms with Gasteiger partial charge >= 0.3 is 0 Å². The highest BCUT2D eigenvalue weighted by Gasteiger charge is 2.30. The van der Waals surface area contributed by atoms with Crippen LogP contribution in [0.25, 0.3) is 10.8 Å². The maximum atomic E-state index is 12.3. The van der Waals surface area contributed by atoms with Crippen LogP contribution in [0.1, 0.15) is 34.6 Å². The van der Waals surface area contributed by atoms with Crippen molar-refractivity contribution >= 4 is 34.6 Å². The number of hydrogen-bond donors (Lipinski definition) is 1. The zero-order chi connectivity index (χ0) is 17.1. The molecule has 23 heavy (non-hydrogen) atoms. The molecule has 0 unspecified atom stereocenters. The standard InChI is InChI=1S/C16H13N3O2.C2H6/c1-3-19(9-17)13-8-7-12-14-10(13)5-4-6-11(14)15(20)18(2)16(12)21;1-2/h3-9,17H,1H2,2H3;1-2H3. The maximum absolute atomic E-state index is 12.3. The van der Waals surface area contributed by atoms with Crippen molar-refractivity contribution in [2.75, 3.05) is 11.9 Å². The van der Waals surface area contributed by atoms with Crippen LogP contribution in [0, 0.1) is 5.41 Å². The average molecular weight is 309 g/mol. The molecule has 0 spiro atoms. The number of amides is 2. The van der Waals surface area contributed by atoms with E-state index in [4.69, 9.17) is 5.41 Å². The van der Waals surface area contributed by atoms with Crippen molar-refractivity contribution in [3.63, 3.8) is 0 Å². The fourth-order valence-corrected chi connectivity index (χ4v) is 2.65. The van der Waals surface area contributed by atoms with Crippen LogP contribution >= 0.6 is 0 Å². The minimum Gasteiger partial charge on any atom is -0.308 e. The first-order chi connectivity index (χ1) is 11.1. The Morgan fingerprint density at radius 3 is 2.26 bits per heavy atom. The molecule has 5 heteroatoms. The molecule has 0 fully saturated rings. The van der Waals surface area contributed by atoms with Gasteiger partial charge in [-0.05, 0) is 18.2 Å². The van der Waals surface area contributed by atoms with Crippen LogP contribution in [-0.4, -0.2) is 30.1 Å². The van der Waals surface area contributed by atoms with Gasteiger partial charge in [0.15, 0.2) is 0 Å². The van der Waals surface area contributed by atoms with Crippen LogP contribution in [0.5, 0.6) is 0 Å². The van der Waals surface area contributed by atoms with Crippen molar-refractivity contribution in [1.82, 2.24) is 4.90 Å². The van der Waals surface area contributed by atoms with Gasteiger partial charge in [-0.25, -0.2) is 0 Å². The predicted molar refractivity (Wildman–Crippen MR) is 93.2 cm³/mol. The minimum absolute atomic E-state index is 0.310. The lowest BCUT2D eigenvalue weighted by atomic mass is 9.93. The quantitative estimate of drug-likeness (QED) is 0.535. The Morgan fingerprint density at radius 1 is 1.09 bits per heavy atom. The van der Waals surface area contributed by atoms with E-state index in [0.29, 0.717) is 22.2 Å². The number of imide groups is 1. The second-order valence-electron chi connectivity index (χ2n) is 4.75. The Bertz CT molecular complexity index is 781. The summed E-state index contributed by atoms with van der Waals surface area (Å²) in [6, 6.07) is 8.77. The van der Waals surface area contributed by atoms with Crippen molar-refractivity contribution in [1.29, 1.82) is 5.41 Å². The molecular weight excluding hydrogens is 290 g/mol. The highest BCUT2D eigenvalue weighted by molar-refractivity contribution is 6.27. The van der Waals surface area contributed by atoms with Gasteiger partial charge in [0.1, 0.15) is 0 Å². The number of hydrogen-bond acceptors (Lipinski definition) is 3. The Balaban J connectivity index is 0.000000924. The molecule has 1 N–H and O–H groups in total. The van der Waals surface area contributed by atoms with Crippen molar-refractivity contribution < 1.29 is 9.59 Å². The van der Waals surface area contributed by atoms with E-state index in [-0.39, 0.29) is 11.8 Å². The summed E-state index contributed by atoms with van der Waals surface area (Å²) in [5.41, 5.74) is 1.71. The summed E-state index contributed by atoms with van der Waals surface area (Å²) in [5.74, 6) is -0.620. The summed E-state index contributed by atoms with van der Waals surface area (Å²) in [6.07, 6.45) is 2.64. The van der Waals surface area contributed by atoms with E-state index >= 15 is 0 Å². The van der Waals surface area contributed by atoms with Crippen molar-refractivity contribution in [3.05, 3.63) is 54.2 Å². The molecule has 1 aliphatic heterocycles. The van der Waals surface area contributed by atoms with Crippen molar-refractivity contribution in [2.45, 2.75) is 13.8 Å². The fraction of sp³-hybridized carbons (Fsp3) is 0.167. The fourth-order valence-electron chi connectivity index (χ4n) is 2.65. The summed E-state index contributed by atoms with van der Waals surface area (Å²) in [4.78, 5) is 27.2. The van der Waals surface area contributed by atoms with Crippen molar-refractivity contribution in [3.8, 4) is 0 Å². The van der Waals surface area contributed by atoms with Gasteiger partial charge in [-0.1, -0.05) is 32.6 Å². The van der Waals surface area contributed by atoms with Gasteiger partial charge in [0.2, 0.25) is 0 Å². The third kappa shape index (κ3) is 2.40. The third-order valence-electron chi connectivity index (χ3n) is 3.70. The molecule has 0 aliphatic carbocycles. The Kier molecular flexibility index (Phi) is 4.60. The lowest BCUT2D eigenvalue weighted by Gasteiger charge is -2.25. The number of benzene rings is 2. The second-order valence-corrected chi connectivity index (χ2v) is 4.75. The molecule has 0 bridgehead atoms. The summed E-state index contributed by atoms with van der Waals surface area (Å²) in [6.45, 7) is 7.67. The van der Waals surface area contributed by atoms with Crippen LogP contribution in [0.3, 0.4) is 0 Å². The molecule has 0 saturated heterocycles. The van der Waals surface area contributed by atoms with E-state index in [9.17, 15) is 9.59 Å². The van der Waals surface area contributed by atoms with Gasteiger partial charge in [-0.2, -0.15) is 0 Å². The molecule has 0 saturated carbocycles. The maximum Gasteiger partial charge on any atom is 0.261 e. The molecular formula is C18H19N3O2. The van der Waals surface area contributed by atoms with Crippen LogP contribution < -0.4 is 4.90 Å². The number of nitrogens with one attached hydrogen (secondary N) is 1. The molecule has 3 rings (SSSR count). The Labute approximate surface area is 135 Å². The first-order valence-corrected chi connectivity index (χ1v) is 7.39. The molecule has 2 aromatic carbocycles. The SMILES string of the molecule is C=CN(C=N)c1ccc2c3c(cccc13)C(=O)N(C)C2=O.CC. The van der Waals surface area contributed by atoms with Crippen molar-refractivity contribution in [2.24, 2.45) is 0 Å². The molecule has 2 amide bonds. The van der Waals surface area contributed by atoms with E-state index in [2.05, 4.69) is 6.58 Å². The van der Waals surface area contributed by atoms with Gasteiger partial charge in [0.05, 0.1) is 12.0 Å². The molecule has 118 valence electrons. The Hall–Kier alpha value is -2.95. The summed E-state index contributed by atoms with van der Waals surface area (Å²) >= 11 is 0. The number of rotatable bonds is 3. The summed E-state index contributed by atoms with van der Waals surface area (Å²) in [5, 5.41) is 8.83. The topological polar surface area (TPSA) is 64.5 Å². The summed E-state index contributed by atoms with van der Waals surface area (Å²) in [7, 11) is 1.48. The number of nitrogens with zero attached hydrogens (tertiary/aromatic N) is 2. The molecule has 0 aromatic heterocycles. The normalized spacial score (nSPS) is 12.6. The van der Waals surface area contributed by atoms with Crippen LogP contribution in [0.2, 0.25) is 0 Å².